The van der Waals surface area contributed by atoms with E-state index < -0.39 is 18.6 Å². The van der Waals surface area contributed by atoms with Gasteiger partial charge in [-0.05, 0) is 43.5 Å². The highest BCUT2D eigenvalue weighted by atomic mass is 19.3. The van der Waals surface area contributed by atoms with Crippen molar-refractivity contribution in [2.24, 2.45) is 0 Å². The molecule has 4 N–H and O–H groups in total. The number of hydrogen-bond acceptors (Lipinski definition) is 7. The van der Waals surface area contributed by atoms with Gasteiger partial charge in [-0.25, -0.2) is 0 Å². The maximum atomic E-state index is 12.3. The van der Waals surface area contributed by atoms with Crippen LogP contribution in [0.2, 0.25) is 0 Å². The number of nitrogens with zero attached hydrogens (tertiary/aromatic N) is 2. The molecule has 1 aliphatic rings. The lowest BCUT2D eigenvalue weighted by atomic mass is 10.0. The number of carboxylic acids is 1. The van der Waals surface area contributed by atoms with Crippen molar-refractivity contribution >= 4 is 11.8 Å². The largest absolute Gasteiger partial charge is 0.507 e. The van der Waals surface area contributed by atoms with Crippen LogP contribution in [0.15, 0.2) is 24.3 Å². The maximum Gasteiger partial charge on any atom is 0.387 e. The van der Waals surface area contributed by atoms with Crippen molar-refractivity contribution in [3.05, 3.63) is 29.8 Å². The Morgan fingerprint density at radius 1 is 1.32 bits per heavy atom. The molecule has 3 rings (SSSR count). The molecule has 2 heterocycles. The van der Waals surface area contributed by atoms with Gasteiger partial charge in [-0.3, -0.25) is 4.79 Å². The van der Waals surface area contributed by atoms with Crippen molar-refractivity contribution in [1.29, 1.82) is 0 Å². The molecule has 10 heteroatoms. The van der Waals surface area contributed by atoms with Crippen LogP contribution < -0.4 is 15.4 Å². The van der Waals surface area contributed by atoms with Crippen LogP contribution in [0.3, 0.4) is 0 Å². The molecular formula is C18H20F2N4O4. The molecule has 2 unspecified atom stereocenters. The van der Waals surface area contributed by atoms with Crippen LogP contribution in [0.25, 0.3) is 11.3 Å². The van der Waals surface area contributed by atoms with E-state index in [2.05, 4.69) is 25.6 Å². The van der Waals surface area contributed by atoms with Gasteiger partial charge in [0.05, 0.1) is 5.69 Å². The summed E-state index contributed by atoms with van der Waals surface area (Å²) in [5, 5.41) is 33.5. The summed E-state index contributed by atoms with van der Waals surface area (Å²) in [7, 11) is 0. The predicted octanol–water partition coefficient (Wildman–Crippen LogP) is 2.38. The van der Waals surface area contributed by atoms with Crippen molar-refractivity contribution in [3.8, 4) is 22.8 Å². The Morgan fingerprint density at radius 3 is 2.64 bits per heavy atom. The number of ether oxygens (including phenoxy) is 1. The SMILES string of the molecule is Cc1cc(OC(F)F)cc(O)c1-c1ccc(NC2CCC(C(=O)O)NC2)nn1. The second-order valence-corrected chi connectivity index (χ2v) is 6.53. The third-order valence-electron chi connectivity index (χ3n) is 4.50. The fourth-order valence-electron chi connectivity index (χ4n) is 3.18. The number of aliphatic carboxylic acids is 1. The molecule has 0 spiro atoms. The average molecular weight is 394 g/mol. The topological polar surface area (TPSA) is 117 Å². The third-order valence-corrected chi connectivity index (χ3v) is 4.50. The van der Waals surface area contributed by atoms with Crippen LogP contribution >= 0.6 is 0 Å². The van der Waals surface area contributed by atoms with Gasteiger partial charge in [-0.15, -0.1) is 10.2 Å². The highest BCUT2D eigenvalue weighted by Gasteiger charge is 2.25. The van der Waals surface area contributed by atoms with Crippen LogP contribution in [-0.2, 0) is 4.79 Å². The number of piperidine rings is 1. The summed E-state index contributed by atoms with van der Waals surface area (Å²) >= 11 is 0. The number of halogens is 2. The van der Waals surface area contributed by atoms with Gasteiger partial charge in [0.1, 0.15) is 23.4 Å². The first kappa shape index (κ1) is 19.7. The van der Waals surface area contributed by atoms with E-state index in [9.17, 15) is 18.7 Å². The summed E-state index contributed by atoms with van der Waals surface area (Å²) in [6.45, 7) is -0.838. The molecule has 150 valence electrons. The quantitative estimate of drug-likeness (QED) is 0.590. The summed E-state index contributed by atoms with van der Waals surface area (Å²) in [6.07, 6.45) is 1.19. The number of carbonyl (C=O) groups is 1. The number of rotatable bonds is 6. The monoisotopic (exact) mass is 394 g/mol. The molecule has 8 nitrogen and oxygen atoms in total. The summed E-state index contributed by atoms with van der Waals surface area (Å²) in [5.74, 6) is -0.715. The number of phenols is 1. The third kappa shape index (κ3) is 4.63. The summed E-state index contributed by atoms with van der Waals surface area (Å²) < 4.78 is 29.0. The van der Waals surface area contributed by atoms with Crippen LogP contribution in [0.4, 0.5) is 14.6 Å². The Labute approximate surface area is 159 Å². The van der Waals surface area contributed by atoms with Gasteiger partial charge in [0.15, 0.2) is 0 Å². The van der Waals surface area contributed by atoms with E-state index in [0.29, 0.717) is 42.0 Å². The summed E-state index contributed by atoms with van der Waals surface area (Å²) in [4.78, 5) is 10.9. The van der Waals surface area contributed by atoms with Gasteiger partial charge in [-0.1, -0.05) is 0 Å². The number of carboxylic acid groups (broad SMARTS) is 1. The molecule has 28 heavy (non-hydrogen) atoms. The lowest BCUT2D eigenvalue weighted by molar-refractivity contribution is -0.140. The number of hydrogen-bond donors (Lipinski definition) is 4. The van der Waals surface area contributed by atoms with Crippen LogP contribution in [0.1, 0.15) is 18.4 Å². The molecule has 1 aliphatic heterocycles. The minimum absolute atomic E-state index is 0.0247. The first-order valence-corrected chi connectivity index (χ1v) is 8.68. The number of anilines is 1. The van der Waals surface area contributed by atoms with Crippen LogP contribution in [0.5, 0.6) is 11.5 Å². The number of aromatic hydroxyl groups is 1. The lowest BCUT2D eigenvalue weighted by Crippen LogP contribution is -2.48. The fraction of sp³-hybridized carbons (Fsp3) is 0.389. The second-order valence-electron chi connectivity index (χ2n) is 6.53. The molecular weight excluding hydrogens is 374 g/mol. The fourth-order valence-corrected chi connectivity index (χ4v) is 3.18. The average Bonchev–Trinajstić information content (AvgIpc) is 2.62. The van der Waals surface area contributed by atoms with E-state index in [1.54, 1.807) is 19.1 Å². The van der Waals surface area contributed by atoms with E-state index in [4.69, 9.17) is 5.11 Å². The molecule has 0 aliphatic carbocycles. The Kier molecular flexibility index (Phi) is 5.88. The summed E-state index contributed by atoms with van der Waals surface area (Å²) in [6, 6.07) is 5.33. The van der Waals surface area contributed by atoms with Gasteiger partial charge in [0, 0.05) is 24.2 Å². The molecule has 2 atom stereocenters. The molecule has 1 saturated heterocycles. The molecule has 0 saturated carbocycles. The van der Waals surface area contributed by atoms with Crippen LogP contribution in [0, 0.1) is 6.92 Å². The normalized spacial score (nSPS) is 19.4. The zero-order chi connectivity index (χ0) is 20.3. The van der Waals surface area contributed by atoms with Crippen LogP contribution in [-0.4, -0.2) is 51.6 Å². The van der Waals surface area contributed by atoms with Crippen molar-refractivity contribution in [1.82, 2.24) is 15.5 Å². The Bertz CT molecular complexity index is 817. The van der Waals surface area contributed by atoms with Gasteiger partial charge in [0.25, 0.3) is 0 Å². The highest BCUT2D eigenvalue weighted by molar-refractivity contribution is 5.73. The zero-order valence-electron chi connectivity index (χ0n) is 15.0. The first-order valence-electron chi connectivity index (χ1n) is 8.68. The van der Waals surface area contributed by atoms with Gasteiger partial charge >= 0.3 is 12.6 Å². The number of benzene rings is 1. The Balaban J connectivity index is 1.69. The Morgan fingerprint density at radius 2 is 2.11 bits per heavy atom. The van der Waals surface area contributed by atoms with E-state index >= 15 is 0 Å². The Hall–Kier alpha value is -3.01. The van der Waals surface area contributed by atoms with E-state index in [1.165, 1.54) is 6.07 Å². The second kappa shape index (κ2) is 8.34. The zero-order valence-corrected chi connectivity index (χ0v) is 15.0. The molecule has 1 fully saturated rings. The van der Waals surface area contributed by atoms with Crippen molar-refractivity contribution in [2.45, 2.75) is 38.5 Å². The van der Waals surface area contributed by atoms with Crippen molar-refractivity contribution < 1.29 is 28.5 Å². The first-order chi connectivity index (χ1) is 13.3. The van der Waals surface area contributed by atoms with Crippen molar-refractivity contribution in [2.75, 3.05) is 11.9 Å². The van der Waals surface area contributed by atoms with E-state index in [-0.39, 0.29) is 17.5 Å². The van der Waals surface area contributed by atoms with Gasteiger partial charge < -0.3 is 25.6 Å². The smallest absolute Gasteiger partial charge is 0.387 e. The number of nitrogens with one attached hydrogen (secondary N) is 2. The standard InChI is InChI=1S/C18H20F2N4O4/c1-9-6-11(28-18(19)20)7-14(25)16(9)12-4-5-15(24-23-12)22-10-2-3-13(17(26)27)21-8-10/h4-7,10,13,18,21,25H,2-3,8H2,1H3,(H,22,24)(H,26,27). The lowest BCUT2D eigenvalue weighted by Gasteiger charge is -2.28. The highest BCUT2D eigenvalue weighted by Crippen LogP contribution is 2.35. The molecule has 0 radical (unpaired) electrons. The molecule has 1 aromatic heterocycles. The van der Waals surface area contributed by atoms with Gasteiger partial charge in [-0.2, -0.15) is 8.78 Å². The molecule has 1 aromatic carbocycles. The van der Waals surface area contributed by atoms with E-state index in [1.807, 2.05) is 0 Å². The van der Waals surface area contributed by atoms with Gasteiger partial charge in [0.2, 0.25) is 0 Å². The number of alkyl halides is 2. The number of aryl methyl sites for hydroxylation is 1. The molecule has 2 aromatic rings. The minimum atomic E-state index is -2.98. The molecule has 0 amide bonds. The summed E-state index contributed by atoms with van der Waals surface area (Å²) in [5.41, 5.74) is 1.28. The maximum absolute atomic E-state index is 12.3. The minimum Gasteiger partial charge on any atom is -0.507 e. The number of aromatic nitrogens is 2. The molecule has 0 bridgehead atoms. The predicted molar refractivity (Wildman–Crippen MR) is 96.6 cm³/mol. The van der Waals surface area contributed by atoms with E-state index in [0.717, 1.165) is 6.07 Å². The number of phenolic OH excluding ortho intramolecular Hbond substituents is 1. The van der Waals surface area contributed by atoms with Crippen molar-refractivity contribution in [3.63, 3.8) is 0 Å².